The summed E-state index contributed by atoms with van der Waals surface area (Å²) >= 11 is 13.8. The van der Waals surface area contributed by atoms with Crippen LogP contribution in [0.1, 0.15) is 11.8 Å². The summed E-state index contributed by atoms with van der Waals surface area (Å²) in [6.07, 6.45) is 0.915. The fraction of sp³-hybridized carbons (Fsp3) is 0.250. The van der Waals surface area contributed by atoms with E-state index < -0.39 is 12.6 Å². The molecule has 0 aliphatic rings. The zero-order valence-corrected chi connectivity index (χ0v) is 11.8. The molecule has 0 unspecified atom stereocenters. The minimum Gasteiger partial charge on any atom is -0.480 e. The molecule has 1 aromatic heterocycles. The summed E-state index contributed by atoms with van der Waals surface area (Å²) in [4.78, 5) is 11.7. The molecule has 0 fully saturated rings. The largest absolute Gasteiger partial charge is 0.480 e. The monoisotopic (exact) mass is 304 g/mol. The number of halogens is 2. The molecule has 0 saturated carbocycles. The van der Waals surface area contributed by atoms with Gasteiger partial charge >= 0.3 is 5.97 Å². The van der Waals surface area contributed by atoms with Crippen molar-refractivity contribution in [2.24, 2.45) is 0 Å². The summed E-state index contributed by atoms with van der Waals surface area (Å²) in [7, 11) is 0. The third kappa shape index (κ3) is 2.55. The van der Waals surface area contributed by atoms with E-state index in [1.165, 1.54) is 4.88 Å². The van der Waals surface area contributed by atoms with Gasteiger partial charge in [-0.15, -0.1) is 11.3 Å². The quantitative estimate of drug-likeness (QED) is 0.919. The maximum Gasteiger partial charge on any atom is 0.341 e. The molecule has 1 aromatic carbocycles. The zero-order valence-electron chi connectivity index (χ0n) is 9.50. The number of carboxylic acids is 1. The van der Waals surface area contributed by atoms with Gasteiger partial charge in [0, 0.05) is 4.88 Å². The Labute approximate surface area is 118 Å². The van der Waals surface area contributed by atoms with Crippen molar-refractivity contribution in [3.8, 4) is 5.75 Å². The van der Waals surface area contributed by atoms with Gasteiger partial charge in [-0.25, -0.2) is 4.79 Å². The van der Waals surface area contributed by atoms with Crippen LogP contribution < -0.4 is 4.74 Å². The van der Waals surface area contributed by atoms with Gasteiger partial charge in [-0.1, -0.05) is 30.1 Å². The molecule has 1 heterocycles. The SMILES string of the molecule is CCc1cc2cc(OCC(=O)O)c(Cl)c(Cl)c2s1. The first-order valence-electron chi connectivity index (χ1n) is 5.28. The Morgan fingerprint density at radius 1 is 1.39 bits per heavy atom. The Bertz CT molecular complexity index is 607. The molecule has 96 valence electrons. The highest BCUT2D eigenvalue weighted by Gasteiger charge is 2.14. The van der Waals surface area contributed by atoms with E-state index in [1.807, 2.05) is 6.07 Å². The van der Waals surface area contributed by atoms with Gasteiger partial charge in [-0.3, -0.25) is 0 Å². The maximum atomic E-state index is 10.5. The van der Waals surface area contributed by atoms with Gasteiger partial charge in [-0.2, -0.15) is 0 Å². The highest BCUT2D eigenvalue weighted by atomic mass is 35.5. The van der Waals surface area contributed by atoms with Crippen LogP contribution in [0.5, 0.6) is 5.75 Å². The number of hydrogen-bond donors (Lipinski definition) is 1. The number of carbonyl (C=O) groups is 1. The van der Waals surface area contributed by atoms with E-state index in [9.17, 15) is 4.79 Å². The standard InChI is InChI=1S/C12H10Cl2O3S/c1-2-7-3-6-4-8(17-5-9(15)16)10(13)11(14)12(6)18-7/h3-4H,2,5H2,1H3,(H,15,16). The average Bonchev–Trinajstić information content (AvgIpc) is 2.75. The topological polar surface area (TPSA) is 46.5 Å². The van der Waals surface area contributed by atoms with E-state index in [2.05, 4.69) is 6.92 Å². The summed E-state index contributed by atoms with van der Waals surface area (Å²) in [5, 5.41) is 10.2. The fourth-order valence-electron chi connectivity index (χ4n) is 1.57. The van der Waals surface area contributed by atoms with Gasteiger partial charge < -0.3 is 9.84 Å². The van der Waals surface area contributed by atoms with Crippen LogP contribution in [0.4, 0.5) is 0 Å². The van der Waals surface area contributed by atoms with E-state index >= 15 is 0 Å². The van der Waals surface area contributed by atoms with Crippen molar-refractivity contribution in [1.29, 1.82) is 0 Å². The lowest BCUT2D eigenvalue weighted by molar-refractivity contribution is -0.139. The highest BCUT2D eigenvalue weighted by Crippen LogP contribution is 2.42. The Morgan fingerprint density at radius 3 is 2.72 bits per heavy atom. The van der Waals surface area contributed by atoms with E-state index in [-0.39, 0.29) is 5.02 Å². The molecule has 1 N–H and O–H groups in total. The number of ether oxygens (including phenoxy) is 1. The third-order valence-electron chi connectivity index (χ3n) is 2.41. The molecule has 0 aliphatic heterocycles. The minimum atomic E-state index is -1.05. The van der Waals surface area contributed by atoms with Crippen molar-refractivity contribution in [2.45, 2.75) is 13.3 Å². The second-order valence-electron chi connectivity index (χ2n) is 3.67. The van der Waals surface area contributed by atoms with Crippen LogP contribution in [-0.2, 0) is 11.2 Å². The van der Waals surface area contributed by atoms with Crippen LogP contribution in [0.15, 0.2) is 12.1 Å². The molecule has 6 heteroatoms. The van der Waals surface area contributed by atoms with Gasteiger partial charge in [0.25, 0.3) is 0 Å². The number of aliphatic carboxylic acids is 1. The fourth-order valence-corrected chi connectivity index (χ4v) is 3.17. The number of rotatable bonds is 4. The Hall–Kier alpha value is -0.970. The van der Waals surface area contributed by atoms with Crippen molar-refractivity contribution in [2.75, 3.05) is 6.61 Å². The van der Waals surface area contributed by atoms with Gasteiger partial charge in [0.2, 0.25) is 0 Å². The first-order valence-corrected chi connectivity index (χ1v) is 6.85. The Kier molecular flexibility index (Phi) is 4.00. The van der Waals surface area contributed by atoms with E-state index in [1.54, 1.807) is 17.4 Å². The molecule has 0 amide bonds. The lowest BCUT2D eigenvalue weighted by Crippen LogP contribution is -2.09. The number of carboxylic acid groups (broad SMARTS) is 1. The zero-order chi connectivity index (χ0) is 13.3. The molecular formula is C12H10Cl2O3S. The third-order valence-corrected chi connectivity index (χ3v) is 4.68. The van der Waals surface area contributed by atoms with Crippen LogP contribution in [0, 0.1) is 0 Å². The Balaban J connectivity index is 2.48. The summed E-state index contributed by atoms with van der Waals surface area (Å²) < 4.78 is 6.02. The molecule has 0 aliphatic carbocycles. The van der Waals surface area contributed by atoms with Crippen molar-refractivity contribution in [1.82, 2.24) is 0 Å². The first-order chi connectivity index (χ1) is 8.52. The predicted molar refractivity (Wildman–Crippen MR) is 74.4 cm³/mol. The first kappa shape index (κ1) is 13.5. The number of aryl methyl sites for hydroxylation is 1. The molecule has 0 atom stereocenters. The van der Waals surface area contributed by atoms with Crippen LogP contribution in [0.2, 0.25) is 10.0 Å². The summed E-state index contributed by atoms with van der Waals surface area (Å²) in [6, 6.07) is 3.73. The molecule has 18 heavy (non-hydrogen) atoms. The smallest absolute Gasteiger partial charge is 0.341 e. The summed E-state index contributed by atoms with van der Waals surface area (Å²) in [5.41, 5.74) is 0. The number of thiophene rings is 1. The highest BCUT2D eigenvalue weighted by molar-refractivity contribution is 7.19. The minimum absolute atomic E-state index is 0.259. The van der Waals surface area contributed by atoms with E-state index in [0.717, 1.165) is 16.5 Å². The molecule has 2 aromatic rings. The van der Waals surface area contributed by atoms with Crippen molar-refractivity contribution in [3.63, 3.8) is 0 Å². The van der Waals surface area contributed by atoms with E-state index in [4.69, 9.17) is 33.0 Å². The molecule has 2 rings (SSSR count). The second-order valence-corrected chi connectivity index (χ2v) is 5.56. The lowest BCUT2D eigenvalue weighted by atomic mass is 10.2. The second kappa shape index (κ2) is 5.34. The molecule has 0 saturated heterocycles. The summed E-state index contributed by atoms with van der Waals surface area (Å²) in [6.45, 7) is 1.62. The average molecular weight is 305 g/mol. The predicted octanol–water partition coefficient (Wildman–Crippen LogP) is 4.23. The number of fused-ring (bicyclic) bond motifs is 1. The maximum absolute atomic E-state index is 10.5. The Morgan fingerprint density at radius 2 is 2.11 bits per heavy atom. The van der Waals surface area contributed by atoms with Crippen molar-refractivity contribution < 1.29 is 14.6 Å². The molecule has 0 radical (unpaired) electrons. The van der Waals surface area contributed by atoms with Gasteiger partial charge in [0.15, 0.2) is 6.61 Å². The van der Waals surface area contributed by atoms with Crippen LogP contribution in [0.3, 0.4) is 0 Å². The normalized spacial score (nSPS) is 10.8. The van der Waals surface area contributed by atoms with Gasteiger partial charge in [-0.05, 0) is 23.9 Å². The summed E-state index contributed by atoms with van der Waals surface area (Å²) in [5.74, 6) is -0.751. The lowest BCUT2D eigenvalue weighted by Gasteiger charge is -2.07. The van der Waals surface area contributed by atoms with Crippen LogP contribution in [-0.4, -0.2) is 17.7 Å². The number of hydrogen-bond acceptors (Lipinski definition) is 3. The molecule has 0 bridgehead atoms. The van der Waals surface area contributed by atoms with Crippen LogP contribution in [0.25, 0.3) is 10.1 Å². The number of benzene rings is 1. The van der Waals surface area contributed by atoms with Crippen LogP contribution >= 0.6 is 34.5 Å². The van der Waals surface area contributed by atoms with Gasteiger partial charge in [0.1, 0.15) is 10.8 Å². The van der Waals surface area contributed by atoms with Gasteiger partial charge in [0.05, 0.1) is 9.72 Å². The molecule has 0 spiro atoms. The molecule has 3 nitrogen and oxygen atoms in total. The van der Waals surface area contributed by atoms with Crippen molar-refractivity contribution >= 4 is 50.6 Å². The molecular weight excluding hydrogens is 295 g/mol. The van der Waals surface area contributed by atoms with Crippen molar-refractivity contribution in [3.05, 3.63) is 27.1 Å². The van der Waals surface area contributed by atoms with E-state index in [0.29, 0.717) is 10.8 Å².